The van der Waals surface area contributed by atoms with Crippen molar-refractivity contribution in [3.05, 3.63) is 11.8 Å². The predicted octanol–water partition coefficient (Wildman–Crippen LogP) is 0.600. The van der Waals surface area contributed by atoms with Crippen LogP contribution < -0.4 is 5.32 Å². The van der Waals surface area contributed by atoms with Crippen LogP contribution in [-0.2, 0) is 9.53 Å². The second-order valence-electron chi connectivity index (χ2n) is 8.06. The van der Waals surface area contributed by atoms with Gasteiger partial charge in [-0.15, -0.1) is 10.2 Å². The number of aromatic nitrogens is 2. The summed E-state index contributed by atoms with van der Waals surface area (Å²) in [6, 6.07) is 0.500. The molecule has 0 radical (unpaired) electrons. The predicted molar refractivity (Wildman–Crippen MR) is 99.6 cm³/mol. The van der Waals surface area contributed by atoms with Crippen molar-refractivity contribution in [1.82, 2.24) is 25.3 Å². The molecule has 0 aromatic carbocycles. The van der Waals surface area contributed by atoms with E-state index >= 15 is 0 Å². The number of amides is 2. The van der Waals surface area contributed by atoms with Gasteiger partial charge >= 0.3 is 11.8 Å². The minimum atomic E-state index is -0.334. The normalized spacial score (nSPS) is 25.8. The van der Waals surface area contributed by atoms with Gasteiger partial charge in [0.1, 0.15) is 0 Å². The highest BCUT2D eigenvalue weighted by molar-refractivity contribution is 5.89. The molecule has 3 fully saturated rings. The molecular formula is C19H29N5O4. The number of ether oxygens (including phenoxy) is 1. The highest BCUT2D eigenvalue weighted by Gasteiger charge is 2.38. The fourth-order valence-electron chi connectivity index (χ4n) is 4.17. The van der Waals surface area contributed by atoms with Crippen molar-refractivity contribution in [1.29, 1.82) is 0 Å². The summed E-state index contributed by atoms with van der Waals surface area (Å²) in [5, 5.41) is 10.4. The number of aryl methyl sites for hydroxylation is 1. The van der Waals surface area contributed by atoms with Crippen molar-refractivity contribution in [2.75, 3.05) is 39.4 Å². The van der Waals surface area contributed by atoms with E-state index in [1.165, 1.54) is 12.8 Å². The zero-order chi connectivity index (χ0) is 19.5. The highest BCUT2D eigenvalue weighted by atomic mass is 16.5. The van der Waals surface area contributed by atoms with E-state index in [1.54, 1.807) is 6.92 Å². The number of carbonyl (C=O) groups is 2. The molecule has 1 aromatic rings. The SMILES string of the molecule is Cc1nnc(C(=O)NC[C@@H]2CC[C@H](CC(=O)N3CCOCC3)N2CC2CC2)o1. The van der Waals surface area contributed by atoms with Crippen LogP contribution in [0.4, 0.5) is 0 Å². The van der Waals surface area contributed by atoms with Crippen molar-refractivity contribution >= 4 is 11.8 Å². The molecule has 2 saturated heterocycles. The van der Waals surface area contributed by atoms with Gasteiger partial charge in [-0.05, 0) is 31.6 Å². The molecule has 154 valence electrons. The summed E-state index contributed by atoms with van der Waals surface area (Å²) in [7, 11) is 0. The Balaban J connectivity index is 1.33. The second-order valence-corrected chi connectivity index (χ2v) is 8.06. The molecular weight excluding hydrogens is 362 g/mol. The summed E-state index contributed by atoms with van der Waals surface area (Å²) in [6.45, 7) is 5.86. The highest BCUT2D eigenvalue weighted by Crippen LogP contribution is 2.35. The molecule has 1 aliphatic carbocycles. The van der Waals surface area contributed by atoms with E-state index in [0.29, 0.717) is 45.2 Å². The molecule has 9 nitrogen and oxygen atoms in total. The van der Waals surface area contributed by atoms with E-state index in [0.717, 1.165) is 25.3 Å². The molecule has 0 unspecified atom stereocenters. The Kier molecular flexibility index (Phi) is 5.91. The smallest absolute Gasteiger partial charge is 0.308 e. The van der Waals surface area contributed by atoms with Gasteiger partial charge in [-0.1, -0.05) is 0 Å². The van der Waals surface area contributed by atoms with E-state index in [9.17, 15) is 9.59 Å². The largest absolute Gasteiger partial charge is 0.417 e. The third kappa shape index (κ3) is 4.70. The van der Waals surface area contributed by atoms with Gasteiger partial charge < -0.3 is 19.4 Å². The number of rotatable bonds is 7. The number of hydrogen-bond acceptors (Lipinski definition) is 7. The van der Waals surface area contributed by atoms with Crippen LogP contribution in [0, 0.1) is 12.8 Å². The van der Waals surface area contributed by atoms with Gasteiger partial charge in [0.25, 0.3) is 0 Å². The van der Waals surface area contributed by atoms with Crippen molar-refractivity contribution < 1.29 is 18.7 Å². The van der Waals surface area contributed by atoms with Gasteiger partial charge in [0, 0.05) is 51.6 Å². The minimum Gasteiger partial charge on any atom is -0.417 e. The third-order valence-corrected chi connectivity index (χ3v) is 5.93. The van der Waals surface area contributed by atoms with Crippen LogP contribution in [0.1, 0.15) is 48.7 Å². The summed E-state index contributed by atoms with van der Waals surface area (Å²) in [5.74, 6) is 1.00. The molecule has 2 amide bonds. The first-order chi connectivity index (χ1) is 13.6. The Labute approximate surface area is 164 Å². The monoisotopic (exact) mass is 391 g/mol. The first-order valence-electron chi connectivity index (χ1n) is 10.3. The summed E-state index contributed by atoms with van der Waals surface area (Å²) in [4.78, 5) is 29.3. The first-order valence-corrected chi connectivity index (χ1v) is 10.3. The van der Waals surface area contributed by atoms with Crippen molar-refractivity contribution in [3.63, 3.8) is 0 Å². The number of carbonyl (C=O) groups excluding carboxylic acids is 2. The molecule has 3 heterocycles. The average Bonchev–Trinajstić information content (AvgIpc) is 3.30. The van der Waals surface area contributed by atoms with Crippen LogP contribution in [0.25, 0.3) is 0 Å². The van der Waals surface area contributed by atoms with Crippen LogP contribution in [0.5, 0.6) is 0 Å². The number of likely N-dealkylation sites (tertiary alicyclic amines) is 1. The fourth-order valence-corrected chi connectivity index (χ4v) is 4.17. The van der Waals surface area contributed by atoms with Crippen molar-refractivity contribution in [2.45, 2.75) is 51.1 Å². The van der Waals surface area contributed by atoms with Crippen LogP contribution >= 0.6 is 0 Å². The summed E-state index contributed by atoms with van der Waals surface area (Å²) >= 11 is 0. The van der Waals surface area contributed by atoms with Gasteiger partial charge in [0.2, 0.25) is 11.8 Å². The Hall–Kier alpha value is -2.00. The van der Waals surface area contributed by atoms with Gasteiger partial charge in [-0.25, -0.2) is 0 Å². The topological polar surface area (TPSA) is 101 Å². The summed E-state index contributed by atoms with van der Waals surface area (Å²) in [6.07, 6.45) is 5.06. The molecule has 2 aliphatic heterocycles. The van der Waals surface area contributed by atoms with Gasteiger partial charge in [0.05, 0.1) is 13.2 Å². The third-order valence-electron chi connectivity index (χ3n) is 5.93. The number of hydrogen-bond donors (Lipinski definition) is 1. The Bertz CT molecular complexity index is 698. The molecule has 3 aliphatic rings. The zero-order valence-electron chi connectivity index (χ0n) is 16.4. The second kappa shape index (κ2) is 8.57. The number of nitrogens with one attached hydrogen (secondary N) is 1. The molecule has 2 atom stereocenters. The van der Waals surface area contributed by atoms with E-state index in [2.05, 4.69) is 20.4 Å². The van der Waals surface area contributed by atoms with Gasteiger partial charge in [-0.2, -0.15) is 0 Å². The molecule has 1 aromatic heterocycles. The van der Waals surface area contributed by atoms with E-state index < -0.39 is 0 Å². The molecule has 0 bridgehead atoms. The molecule has 4 rings (SSSR count). The summed E-state index contributed by atoms with van der Waals surface area (Å²) < 4.78 is 10.5. The van der Waals surface area contributed by atoms with Gasteiger partial charge in [-0.3, -0.25) is 14.5 Å². The first kappa shape index (κ1) is 19.3. The molecule has 1 N–H and O–H groups in total. The lowest BCUT2D eigenvalue weighted by Gasteiger charge is -2.32. The summed E-state index contributed by atoms with van der Waals surface area (Å²) in [5.41, 5.74) is 0. The van der Waals surface area contributed by atoms with Gasteiger partial charge in [0.15, 0.2) is 0 Å². The number of morpholine rings is 1. The van der Waals surface area contributed by atoms with E-state index in [4.69, 9.17) is 9.15 Å². The maximum Gasteiger partial charge on any atom is 0.308 e. The van der Waals surface area contributed by atoms with Crippen molar-refractivity contribution in [3.8, 4) is 0 Å². The lowest BCUT2D eigenvalue weighted by atomic mass is 10.1. The molecule has 0 spiro atoms. The van der Waals surface area contributed by atoms with E-state index in [-0.39, 0.29) is 29.8 Å². The Morgan fingerprint density at radius 2 is 1.86 bits per heavy atom. The molecule has 1 saturated carbocycles. The lowest BCUT2D eigenvalue weighted by Crippen LogP contribution is -2.47. The van der Waals surface area contributed by atoms with Crippen LogP contribution in [0.15, 0.2) is 4.42 Å². The van der Waals surface area contributed by atoms with E-state index in [1.807, 2.05) is 4.90 Å². The Morgan fingerprint density at radius 1 is 1.11 bits per heavy atom. The standard InChI is InChI=1S/C19H29N5O4/c1-13-21-22-19(28-13)18(26)20-11-16-5-4-15(24(16)12-14-2-3-14)10-17(25)23-6-8-27-9-7-23/h14-16H,2-12H2,1H3,(H,20,26)/t15-,16+/m1/s1. The Morgan fingerprint density at radius 3 is 2.54 bits per heavy atom. The van der Waals surface area contributed by atoms with Crippen molar-refractivity contribution in [2.24, 2.45) is 5.92 Å². The molecule has 28 heavy (non-hydrogen) atoms. The van der Waals surface area contributed by atoms with Crippen LogP contribution in [0.3, 0.4) is 0 Å². The van der Waals surface area contributed by atoms with Crippen LogP contribution in [-0.4, -0.2) is 83.3 Å². The average molecular weight is 391 g/mol. The van der Waals surface area contributed by atoms with Crippen LogP contribution in [0.2, 0.25) is 0 Å². The minimum absolute atomic E-state index is 0.00304. The maximum atomic E-state index is 12.7. The fraction of sp³-hybridized carbons (Fsp3) is 0.789. The quantitative estimate of drug-likeness (QED) is 0.726. The molecule has 9 heteroatoms. The lowest BCUT2D eigenvalue weighted by molar-refractivity contribution is -0.136. The maximum absolute atomic E-state index is 12.7. The zero-order valence-corrected chi connectivity index (χ0v) is 16.4. The number of nitrogens with zero attached hydrogens (tertiary/aromatic N) is 4.